The van der Waals surface area contributed by atoms with E-state index in [0.29, 0.717) is 23.6 Å². The first kappa shape index (κ1) is 12.9. The van der Waals surface area contributed by atoms with Crippen LogP contribution in [-0.2, 0) is 6.54 Å². The normalized spacial score (nSPS) is 10.4. The van der Waals surface area contributed by atoms with Crippen LogP contribution in [0.25, 0.3) is 0 Å². The third-order valence-corrected chi connectivity index (χ3v) is 2.66. The number of furan rings is 1. The van der Waals surface area contributed by atoms with Crippen molar-refractivity contribution in [2.45, 2.75) is 13.5 Å². The number of carboxylic acid groups (broad SMARTS) is 1. The second-order valence-corrected chi connectivity index (χ2v) is 3.97. The number of carbonyl (C=O) groups excluding carboxylic acids is 1. The molecule has 2 heterocycles. The monoisotopic (exact) mass is 263 g/mol. The molecule has 7 nitrogen and oxygen atoms in total. The molecule has 2 N–H and O–H groups in total. The Morgan fingerprint density at radius 1 is 1.53 bits per heavy atom. The quantitative estimate of drug-likeness (QED) is 0.853. The van der Waals surface area contributed by atoms with Crippen LogP contribution in [0, 0.1) is 6.92 Å². The first-order chi connectivity index (χ1) is 9.01. The van der Waals surface area contributed by atoms with Crippen molar-refractivity contribution in [1.82, 2.24) is 15.1 Å². The van der Waals surface area contributed by atoms with Crippen molar-refractivity contribution in [3.8, 4) is 0 Å². The number of nitrogens with one attached hydrogen (secondary N) is 1. The SMILES string of the molecule is CNC(=O)c1ccn(Cc2cc(C(=O)O)oc2C)n1. The van der Waals surface area contributed by atoms with Crippen LogP contribution in [0.15, 0.2) is 22.7 Å². The number of hydrogen-bond donors (Lipinski definition) is 2. The molecule has 7 heteroatoms. The highest BCUT2D eigenvalue weighted by atomic mass is 16.4. The summed E-state index contributed by atoms with van der Waals surface area (Å²) in [6.07, 6.45) is 1.65. The van der Waals surface area contributed by atoms with E-state index in [4.69, 9.17) is 9.52 Å². The fourth-order valence-corrected chi connectivity index (χ4v) is 1.66. The molecule has 0 aromatic carbocycles. The highest BCUT2D eigenvalue weighted by Crippen LogP contribution is 2.15. The zero-order valence-corrected chi connectivity index (χ0v) is 10.5. The molecular weight excluding hydrogens is 250 g/mol. The van der Waals surface area contributed by atoms with E-state index in [9.17, 15) is 9.59 Å². The summed E-state index contributed by atoms with van der Waals surface area (Å²) in [6, 6.07) is 3.05. The molecule has 1 amide bonds. The number of hydrogen-bond acceptors (Lipinski definition) is 4. The second kappa shape index (κ2) is 4.97. The zero-order chi connectivity index (χ0) is 14.0. The van der Waals surface area contributed by atoms with Gasteiger partial charge in [0, 0.05) is 18.8 Å². The maximum atomic E-state index is 11.4. The fraction of sp³-hybridized carbons (Fsp3) is 0.250. The summed E-state index contributed by atoms with van der Waals surface area (Å²) in [5, 5.41) is 15.4. The number of carboxylic acids is 1. The van der Waals surface area contributed by atoms with Crippen LogP contribution in [0.3, 0.4) is 0 Å². The van der Waals surface area contributed by atoms with Gasteiger partial charge < -0.3 is 14.8 Å². The van der Waals surface area contributed by atoms with Gasteiger partial charge in [0.1, 0.15) is 11.5 Å². The fourth-order valence-electron chi connectivity index (χ4n) is 1.66. The maximum absolute atomic E-state index is 11.4. The van der Waals surface area contributed by atoms with Crippen molar-refractivity contribution < 1.29 is 19.1 Å². The molecule has 0 saturated heterocycles. The van der Waals surface area contributed by atoms with E-state index < -0.39 is 5.97 Å². The summed E-state index contributed by atoms with van der Waals surface area (Å²) in [4.78, 5) is 22.1. The van der Waals surface area contributed by atoms with Crippen molar-refractivity contribution in [2.75, 3.05) is 7.05 Å². The summed E-state index contributed by atoms with van der Waals surface area (Å²) in [6.45, 7) is 2.03. The number of aryl methyl sites for hydroxylation is 1. The largest absolute Gasteiger partial charge is 0.475 e. The van der Waals surface area contributed by atoms with Crippen LogP contribution in [-0.4, -0.2) is 33.8 Å². The first-order valence-electron chi connectivity index (χ1n) is 5.59. The van der Waals surface area contributed by atoms with Crippen LogP contribution < -0.4 is 5.32 Å². The van der Waals surface area contributed by atoms with Crippen molar-refractivity contribution >= 4 is 11.9 Å². The van der Waals surface area contributed by atoms with Crippen molar-refractivity contribution in [3.63, 3.8) is 0 Å². The van der Waals surface area contributed by atoms with Gasteiger partial charge in [-0.25, -0.2) is 4.79 Å². The smallest absolute Gasteiger partial charge is 0.371 e. The number of rotatable bonds is 4. The lowest BCUT2D eigenvalue weighted by Gasteiger charge is -1.99. The minimum atomic E-state index is -1.11. The molecule has 0 atom stereocenters. The molecule has 19 heavy (non-hydrogen) atoms. The molecule has 0 aliphatic heterocycles. The van der Waals surface area contributed by atoms with Gasteiger partial charge in [0.25, 0.3) is 5.91 Å². The van der Waals surface area contributed by atoms with Gasteiger partial charge in [0.2, 0.25) is 5.76 Å². The molecule has 0 spiro atoms. The van der Waals surface area contributed by atoms with Crippen LogP contribution in [0.1, 0.15) is 32.4 Å². The van der Waals surface area contributed by atoms with Crippen molar-refractivity contribution in [1.29, 1.82) is 0 Å². The third-order valence-electron chi connectivity index (χ3n) is 2.66. The Balaban J connectivity index is 2.19. The molecule has 0 unspecified atom stereocenters. The van der Waals surface area contributed by atoms with Crippen molar-refractivity contribution in [3.05, 3.63) is 41.1 Å². The average Bonchev–Trinajstić information content (AvgIpc) is 2.97. The molecule has 0 saturated carbocycles. The summed E-state index contributed by atoms with van der Waals surface area (Å²) < 4.78 is 6.65. The average molecular weight is 263 g/mol. The molecule has 0 radical (unpaired) electrons. The second-order valence-electron chi connectivity index (χ2n) is 3.97. The highest BCUT2D eigenvalue weighted by Gasteiger charge is 2.14. The van der Waals surface area contributed by atoms with E-state index in [-0.39, 0.29) is 11.7 Å². The van der Waals surface area contributed by atoms with Crippen molar-refractivity contribution in [2.24, 2.45) is 0 Å². The van der Waals surface area contributed by atoms with Gasteiger partial charge in [-0.3, -0.25) is 9.48 Å². The number of aromatic nitrogens is 2. The van der Waals surface area contributed by atoms with Gasteiger partial charge in [-0.2, -0.15) is 5.10 Å². The topological polar surface area (TPSA) is 97.4 Å². The zero-order valence-electron chi connectivity index (χ0n) is 10.5. The Labute approximate surface area is 108 Å². The van der Waals surface area contributed by atoms with E-state index in [2.05, 4.69) is 10.4 Å². The van der Waals surface area contributed by atoms with E-state index >= 15 is 0 Å². The number of nitrogens with zero attached hydrogens (tertiary/aromatic N) is 2. The van der Waals surface area contributed by atoms with Crippen LogP contribution in [0.5, 0.6) is 0 Å². The summed E-state index contributed by atoms with van der Waals surface area (Å²) in [7, 11) is 1.53. The Hall–Kier alpha value is -2.57. The number of amides is 1. The minimum Gasteiger partial charge on any atom is -0.475 e. The standard InChI is InChI=1S/C12H13N3O4/c1-7-8(5-10(19-7)12(17)18)6-15-4-3-9(14-15)11(16)13-2/h3-5H,6H2,1-2H3,(H,13,16)(H,17,18). The third kappa shape index (κ3) is 2.65. The predicted octanol–water partition coefficient (Wildman–Crippen LogP) is 0.891. The Kier molecular flexibility index (Phi) is 3.37. The van der Waals surface area contributed by atoms with Gasteiger partial charge in [-0.15, -0.1) is 0 Å². The number of carbonyl (C=O) groups is 2. The van der Waals surface area contributed by atoms with E-state index in [1.54, 1.807) is 23.9 Å². The highest BCUT2D eigenvalue weighted by molar-refractivity contribution is 5.91. The summed E-state index contributed by atoms with van der Waals surface area (Å²) in [5.74, 6) is -0.963. The predicted molar refractivity (Wildman–Crippen MR) is 65.1 cm³/mol. The molecule has 2 aromatic heterocycles. The molecular formula is C12H13N3O4. The lowest BCUT2D eigenvalue weighted by molar-refractivity contribution is 0.0660. The van der Waals surface area contributed by atoms with Crippen LogP contribution in [0.4, 0.5) is 0 Å². The Morgan fingerprint density at radius 3 is 2.84 bits per heavy atom. The molecule has 0 aliphatic rings. The molecule has 0 bridgehead atoms. The first-order valence-corrected chi connectivity index (χ1v) is 5.59. The van der Waals surface area contributed by atoms with E-state index in [0.717, 1.165) is 0 Å². The van der Waals surface area contributed by atoms with E-state index in [1.807, 2.05) is 0 Å². The maximum Gasteiger partial charge on any atom is 0.371 e. The summed E-state index contributed by atoms with van der Waals surface area (Å²) >= 11 is 0. The van der Waals surface area contributed by atoms with Crippen LogP contribution >= 0.6 is 0 Å². The lowest BCUT2D eigenvalue weighted by Crippen LogP contribution is -2.18. The van der Waals surface area contributed by atoms with Gasteiger partial charge >= 0.3 is 5.97 Å². The van der Waals surface area contributed by atoms with Gasteiger partial charge in [-0.1, -0.05) is 0 Å². The van der Waals surface area contributed by atoms with Gasteiger partial charge in [-0.05, 0) is 19.1 Å². The number of aromatic carboxylic acids is 1. The molecule has 0 aliphatic carbocycles. The molecule has 0 fully saturated rings. The summed E-state index contributed by atoms with van der Waals surface area (Å²) in [5.41, 5.74) is 1.02. The lowest BCUT2D eigenvalue weighted by atomic mass is 10.2. The molecule has 100 valence electrons. The molecule has 2 aromatic rings. The van der Waals surface area contributed by atoms with E-state index in [1.165, 1.54) is 13.1 Å². The van der Waals surface area contributed by atoms with Gasteiger partial charge in [0.05, 0.1) is 6.54 Å². The Morgan fingerprint density at radius 2 is 2.26 bits per heavy atom. The van der Waals surface area contributed by atoms with Gasteiger partial charge in [0.15, 0.2) is 0 Å². The molecule has 2 rings (SSSR count). The Bertz CT molecular complexity index is 627. The minimum absolute atomic E-state index is 0.105. The van der Waals surface area contributed by atoms with Crippen LogP contribution in [0.2, 0.25) is 0 Å².